The van der Waals surface area contributed by atoms with Gasteiger partial charge in [0.05, 0.1) is 0 Å². The Morgan fingerprint density at radius 2 is 1.88 bits per heavy atom. The molecule has 4 unspecified atom stereocenters. The molecule has 0 aromatic heterocycles. The van der Waals surface area contributed by atoms with Crippen LogP contribution in [0.25, 0.3) is 0 Å². The zero-order valence-electron chi connectivity index (χ0n) is 12.5. The van der Waals surface area contributed by atoms with Crippen molar-refractivity contribution in [1.29, 1.82) is 0 Å². The lowest BCUT2D eigenvalue weighted by atomic mass is 9.46. The highest BCUT2D eigenvalue weighted by Crippen LogP contribution is 2.62. The summed E-state index contributed by atoms with van der Waals surface area (Å²) < 4.78 is 0. The first-order chi connectivity index (χ1) is 7.83. The highest BCUT2D eigenvalue weighted by atomic mass is 14.6. The SMILES string of the molecule is C=C1C(C)CC2C(C)(C)CCCC2(C)C1CC. The van der Waals surface area contributed by atoms with Crippen LogP contribution in [0.5, 0.6) is 0 Å². The first-order valence-corrected chi connectivity index (χ1v) is 7.51. The van der Waals surface area contributed by atoms with Gasteiger partial charge in [-0.1, -0.05) is 53.2 Å². The number of rotatable bonds is 1. The van der Waals surface area contributed by atoms with Crippen molar-refractivity contribution in [1.82, 2.24) is 0 Å². The first-order valence-electron chi connectivity index (χ1n) is 7.51. The molecule has 4 atom stereocenters. The third-order valence-corrected chi connectivity index (χ3v) is 6.15. The Labute approximate surface area is 108 Å². The Hall–Kier alpha value is -0.260. The molecule has 0 aromatic rings. The summed E-state index contributed by atoms with van der Waals surface area (Å²) in [6.07, 6.45) is 6.91. The van der Waals surface area contributed by atoms with Gasteiger partial charge < -0.3 is 0 Å². The van der Waals surface area contributed by atoms with Crippen LogP contribution in [0.3, 0.4) is 0 Å². The molecule has 0 aliphatic heterocycles. The Kier molecular flexibility index (Phi) is 3.21. The van der Waals surface area contributed by atoms with Crippen LogP contribution in [0.1, 0.15) is 66.7 Å². The first kappa shape index (κ1) is 13.2. The highest BCUT2D eigenvalue weighted by molar-refractivity contribution is 5.18. The predicted octanol–water partition coefficient (Wildman–Crippen LogP) is 5.44. The van der Waals surface area contributed by atoms with Crippen LogP contribution >= 0.6 is 0 Å². The number of hydrogen-bond donors (Lipinski definition) is 0. The number of allylic oxidation sites excluding steroid dienone is 1. The molecule has 0 radical (unpaired) electrons. The van der Waals surface area contributed by atoms with E-state index in [0.717, 1.165) is 17.8 Å². The average molecular weight is 234 g/mol. The van der Waals surface area contributed by atoms with Crippen LogP contribution in [0.4, 0.5) is 0 Å². The fourth-order valence-electron chi connectivity index (χ4n) is 5.17. The summed E-state index contributed by atoms with van der Waals surface area (Å²) in [6.45, 7) is 16.8. The molecule has 2 fully saturated rings. The van der Waals surface area contributed by atoms with E-state index in [4.69, 9.17) is 0 Å². The van der Waals surface area contributed by atoms with E-state index in [1.54, 1.807) is 5.57 Å². The van der Waals surface area contributed by atoms with E-state index in [0.29, 0.717) is 10.8 Å². The van der Waals surface area contributed by atoms with Gasteiger partial charge in [0.25, 0.3) is 0 Å². The zero-order valence-corrected chi connectivity index (χ0v) is 12.5. The second-order valence-corrected chi connectivity index (χ2v) is 7.57. The molecule has 0 amide bonds. The third kappa shape index (κ3) is 1.88. The summed E-state index contributed by atoms with van der Waals surface area (Å²) in [4.78, 5) is 0. The standard InChI is InChI=1S/C17H30/c1-7-14-13(3)12(2)11-15-16(4,5)9-8-10-17(14,15)6/h12,14-15H,3,7-11H2,1-2,4-6H3. The Bertz CT molecular complexity index is 312. The molecule has 2 aliphatic carbocycles. The monoisotopic (exact) mass is 234 g/mol. The van der Waals surface area contributed by atoms with Gasteiger partial charge in [-0.2, -0.15) is 0 Å². The smallest absolute Gasteiger partial charge is 0.0149 e. The maximum atomic E-state index is 4.43. The van der Waals surface area contributed by atoms with Crippen molar-refractivity contribution >= 4 is 0 Å². The molecule has 0 saturated heterocycles. The minimum Gasteiger partial charge on any atom is -0.0993 e. The molecule has 2 rings (SSSR count). The van der Waals surface area contributed by atoms with Gasteiger partial charge in [0.1, 0.15) is 0 Å². The van der Waals surface area contributed by atoms with Crippen LogP contribution in [0.2, 0.25) is 0 Å². The van der Waals surface area contributed by atoms with Gasteiger partial charge in [-0.25, -0.2) is 0 Å². The van der Waals surface area contributed by atoms with E-state index >= 15 is 0 Å². The van der Waals surface area contributed by atoms with Crippen molar-refractivity contribution in [2.24, 2.45) is 28.6 Å². The van der Waals surface area contributed by atoms with E-state index in [9.17, 15) is 0 Å². The summed E-state index contributed by atoms with van der Waals surface area (Å²) >= 11 is 0. The largest absolute Gasteiger partial charge is 0.0993 e. The summed E-state index contributed by atoms with van der Waals surface area (Å²) in [5.74, 6) is 2.39. The molecule has 17 heavy (non-hydrogen) atoms. The number of fused-ring (bicyclic) bond motifs is 1. The van der Waals surface area contributed by atoms with Crippen molar-refractivity contribution < 1.29 is 0 Å². The quantitative estimate of drug-likeness (QED) is 0.530. The second-order valence-electron chi connectivity index (χ2n) is 7.57. The highest BCUT2D eigenvalue weighted by Gasteiger charge is 2.53. The minimum absolute atomic E-state index is 0.528. The van der Waals surface area contributed by atoms with Gasteiger partial charge >= 0.3 is 0 Å². The van der Waals surface area contributed by atoms with Gasteiger partial charge in [-0.3, -0.25) is 0 Å². The van der Waals surface area contributed by atoms with Gasteiger partial charge in [0.15, 0.2) is 0 Å². The molecular weight excluding hydrogens is 204 g/mol. The van der Waals surface area contributed by atoms with Crippen LogP contribution in [0, 0.1) is 28.6 Å². The molecule has 2 aliphatic rings. The van der Waals surface area contributed by atoms with Crippen molar-refractivity contribution in [3.63, 3.8) is 0 Å². The summed E-state index contributed by atoms with van der Waals surface area (Å²) in [7, 11) is 0. The maximum absolute atomic E-state index is 4.43. The van der Waals surface area contributed by atoms with E-state index in [1.165, 1.54) is 32.1 Å². The van der Waals surface area contributed by atoms with Crippen molar-refractivity contribution in [2.75, 3.05) is 0 Å². The molecule has 0 aromatic carbocycles. The molecule has 0 nitrogen and oxygen atoms in total. The van der Waals surface area contributed by atoms with Crippen molar-refractivity contribution in [3.05, 3.63) is 12.2 Å². The Morgan fingerprint density at radius 1 is 1.24 bits per heavy atom. The molecule has 0 spiro atoms. The van der Waals surface area contributed by atoms with Gasteiger partial charge in [-0.15, -0.1) is 0 Å². The molecule has 0 N–H and O–H groups in total. The summed E-state index contributed by atoms with van der Waals surface area (Å²) in [5.41, 5.74) is 2.61. The lowest BCUT2D eigenvalue weighted by Gasteiger charge is -2.59. The van der Waals surface area contributed by atoms with E-state index in [-0.39, 0.29) is 0 Å². The fourth-order valence-corrected chi connectivity index (χ4v) is 5.17. The minimum atomic E-state index is 0.528. The predicted molar refractivity (Wildman–Crippen MR) is 75.9 cm³/mol. The lowest BCUT2D eigenvalue weighted by molar-refractivity contribution is -0.0641. The third-order valence-electron chi connectivity index (χ3n) is 6.15. The Balaban J connectivity index is 2.39. The van der Waals surface area contributed by atoms with Gasteiger partial charge in [0, 0.05) is 0 Å². The average Bonchev–Trinajstić information content (AvgIpc) is 2.22. The van der Waals surface area contributed by atoms with Gasteiger partial charge in [-0.05, 0) is 54.3 Å². The molecule has 0 heteroatoms. The van der Waals surface area contributed by atoms with Crippen molar-refractivity contribution in [3.8, 4) is 0 Å². The summed E-state index contributed by atoms with van der Waals surface area (Å²) in [6, 6.07) is 0. The molecule has 0 heterocycles. The van der Waals surface area contributed by atoms with E-state index in [2.05, 4.69) is 41.2 Å². The molecule has 2 saturated carbocycles. The lowest BCUT2D eigenvalue weighted by Crippen LogP contribution is -2.51. The zero-order chi connectivity index (χ0) is 12.8. The van der Waals surface area contributed by atoms with Crippen LogP contribution in [-0.4, -0.2) is 0 Å². The van der Waals surface area contributed by atoms with E-state index in [1.807, 2.05) is 0 Å². The molecule has 0 bridgehead atoms. The molecular formula is C17H30. The Morgan fingerprint density at radius 3 is 2.47 bits per heavy atom. The van der Waals surface area contributed by atoms with Crippen LogP contribution in [0.15, 0.2) is 12.2 Å². The van der Waals surface area contributed by atoms with Crippen LogP contribution < -0.4 is 0 Å². The van der Waals surface area contributed by atoms with Crippen LogP contribution in [-0.2, 0) is 0 Å². The number of hydrogen-bond acceptors (Lipinski definition) is 0. The fraction of sp³-hybridized carbons (Fsp3) is 0.882. The molecule has 98 valence electrons. The second kappa shape index (κ2) is 4.14. The topological polar surface area (TPSA) is 0 Å². The van der Waals surface area contributed by atoms with E-state index < -0.39 is 0 Å². The van der Waals surface area contributed by atoms with Gasteiger partial charge in [0.2, 0.25) is 0 Å². The normalized spacial score (nSPS) is 45.5. The maximum Gasteiger partial charge on any atom is -0.0149 e. The van der Waals surface area contributed by atoms with Crippen molar-refractivity contribution in [2.45, 2.75) is 66.7 Å². The summed E-state index contributed by atoms with van der Waals surface area (Å²) in [5, 5.41) is 0.